The highest BCUT2D eigenvalue weighted by molar-refractivity contribution is 14.1. The summed E-state index contributed by atoms with van der Waals surface area (Å²) in [5.74, 6) is 0.0130. The first-order chi connectivity index (χ1) is 7.62. The fraction of sp³-hybridized carbons (Fsp3) is 0.545. The van der Waals surface area contributed by atoms with Gasteiger partial charge in [-0.1, -0.05) is 22.6 Å². The molecule has 0 bridgehead atoms. The summed E-state index contributed by atoms with van der Waals surface area (Å²) in [7, 11) is 0. The maximum Gasteiger partial charge on any atom is 0.416 e. The van der Waals surface area contributed by atoms with Gasteiger partial charge in [0, 0.05) is 10.5 Å². The molecule has 0 amide bonds. The van der Waals surface area contributed by atoms with Crippen LogP contribution in [0.15, 0.2) is 12.1 Å². The fourth-order valence-corrected chi connectivity index (χ4v) is 1.55. The van der Waals surface area contributed by atoms with Crippen molar-refractivity contribution in [2.45, 2.75) is 37.0 Å². The minimum absolute atomic E-state index is 0.0130. The summed E-state index contributed by atoms with van der Waals surface area (Å²) in [6.07, 6.45) is -4.38. The van der Waals surface area contributed by atoms with Crippen molar-refractivity contribution in [1.29, 1.82) is 0 Å². The molecule has 0 atom stereocenters. The van der Waals surface area contributed by atoms with Crippen LogP contribution < -0.4 is 4.74 Å². The number of halogens is 4. The van der Waals surface area contributed by atoms with Crippen LogP contribution in [0.1, 0.15) is 32.0 Å². The van der Waals surface area contributed by atoms with Crippen LogP contribution in [0.4, 0.5) is 13.2 Å². The second-order valence-corrected chi connectivity index (χ2v) is 5.29. The van der Waals surface area contributed by atoms with Crippen molar-refractivity contribution in [3.63, 3.8) is 0 Å². The van der Waals surface area contributed by atoms with Gasteiger partial charge in [-0.2, -0.15) is 13.2 Å². The zero-order valence-corrected chi connectivity index (χ0v) is 11.9. The van der Waals surface area contributed by atoms with E-state index in [0.717, 1.165) is 12.1 Å². The first-order valence-electron chi connectivity index (χ1n) is 4.95. The van der Waals surface area contributed by atoms with E-state index in [1.165, 1.54) is 0 Å². The van der Waals surface area contributed by atoms with Crippen LogP contribution in [0.5, 0.6) is 5.88 Å². The maximum atomic E-state index is 12.6. The molecule has 0 aliphatic rings. The Balaban J connectivity index is 3.15. The Hall–Kier alpha value is -0.530. The van der Waals surface area contributed by atoms with Crippen molar-refractivity contribution in [2.24, 2.45) is 0 Å². The molecular weight excluding hydrogens is 346 g/mol. The normalized spacial score (nSPS) is 12.6. The van der Waals surface area contributed by atoms with Gasteiger partial charge < -0.3 is 4.74 Å². The Kier molecular flexibility index (Phi) is 4.27. The summed E-state index contributed by atoms with van der Waals surface area (Å²) in [4.78, 5) is 4.02. The number of rotatable bonds is 2. The van der Waals surface area contributed by atoms with Gasteiger partial charge in [-0.3, -0.25) is 0 Å². The van der Waals surface area contributed by atoms with Crippen molar-refractivity contribution >= 4 is 22.6 Å². The number of nitrogens with zero attached hydrogens (tertiary/aromatic N) is 1. The monoisotopic (exact) mass is 359 g/mol. The van der Waals surface area contributed by atoms with Crippen molar-refractivity contribution in [3.8, 4) is 5.88 Å². The van der Waals surface area contributed by atoms with Gasteiger partial charge in [-0.25, -0.2) is 4.98 Å². The molecule has 0 aliphatic carbocycles. The molecule has 0 unspecified atom stereocenters. The van der Waals surface area contributed by atoms with E-state index in [1.807, 2.05) is 22.6 Å². The molecule has 1 aromatic heterocycles. The van der Waals surface area contributed by atoms with Gasteiger partial charge in [-0.15, -0.1) is 0 Å². The zero-order valence-electron chi connectivity index (χ0n) is 9.73. The Morgan fingerprint density at radius 2 is 1.82 bits per heavy atom. The van der Waals surface area contributed by atoms with Crippen LogP contribution in [0.2, 0.25) is 0 Å². The number of hydrogen-bond donors (Lipinski definition) is 0. The van der Waals surface area contributed by atoms with Gasteiger partial charge in [0.15, 0.2) is 0 Å². The third-order valence-electron chi connectivity index (χ3n) is 1.73. The lowest BCUT2D eigenvalue weighted by Gasteiger charge is -2.21. The van der Waals surface area contributed by atoms with E-state index in [2.05, 4.69) is 4.98 Å². The van der Waals surface area contributed by atoms with E-state index >= 15 is 0 Å². The quantitative estimate of drug-likeness (QED) is 0.583. The maximum absolute atomic E-state index is 12.6. The van der Waals surface area contributed by atoms with Crippen molar-refractivity contribution in [1.82, 2.24) is 4.98 Å². The molecule has 0 radical (unpaired) electrons. The zero-order chi connectivity index (χ0) is 13.3. The molecule has 96 valence electrons. The third kappa shape index (κ3) is 4.69. The van der Waals surface area contributed by atoms with E-state index in [-0.39, 0.29) is 5.88 Å². The molecule has 0 aromatic carbocycles. The number of hydrogen-bond acceptors (Lipinski definition) is 2. The topological polar surface area (TPSA) is 22.1 Å². The molecule has 6 heteroatoms. The molecule has 1 rings (SSSR count). The van der Waals surface area contributed by atoms with E-state index in [0.29, 0.717) is 10.1 Å². The molecule has 0 N–H and O–H groups in total. The number of ether oxygens (including phenoxy) is 1. The predicted molar refractivity (Wildman–Crippen MR) is 67.3 cm³/mol. The van der Waals surface area contributed by atoms with Gasteiger partial charge in [0.05, 0.1) is 11.3 Å². The molecule has 0 saturated heterocycles. The first-order valence-corrected chi connectivity index (χ1v) is 6.47. The summed E-state index contributed by atoms with van der Waals surface area (Å²) in [5.41, 5.74) is -0.933. The number of alkyl halides is 4. The summed E-state index contributed by atoms with van der Waals surface area (Å²) in [5, 5.41) is 0. The average Bonchev–Trinajstić information content (AvgIpc) is 2.13. The van der Waals surface area contributed by atoms with Crippen molar-refractivity contribution in [3.05, 3.63) is 23.4 Å². The lowest BCUT2D eigenvalue weighted by molar-refractivity contribution is -0.137. The number of aromatic nitrogens is 1. The summed E-state index contributed by atoms with van der Waals surface area (Å²) in [6, 6.07) is 1.98. The molecule has 1 heterocycles. The Labute approximate surface area is 112 Å². The van der Waals surface area contributed by atoms with Crippen LogP contribution in [0, 0.1) is 0 Å². The van der Waals surface area contributed by atoms with Gasteiger partial charge in [0.25, 0.3) is 0 Å². The molecule has 0 fully saturated rings. The summed E-state index contributed by atoms with van der Waals surface area (Å²) < 4.78 is 43.7. The minimum Gasteiger partial charge on any atom is -0.472 e. The molecule has 0 aliphatic heterocycles. The lowest BCUT2D eigenvalue weighted by atomic mass is 10.2. The highest BCUT2D eigenvalue weighted by Gasteiger charge is 2.32. The summed E-state index contributed by atoms with van der Waals surface area (Å²) in [6.45, 7) is 5.29. The number of pyridine rings is 1. The molecule has 1 aromatic rings. The molecule has 0 spiro atoms. The van der Waals surface area contributed by atoms with Crippen molar-refractivity contribution < 1.29 is 17.9 Å². The smallest absolute Gasteiger partial charge is 0.416 e. The first kappa shape index (κ1) is 14.5. The van der Waals surface area contributed by atoms with E-state index in [9.17, 15) is 13.2 Å². The van der Waals surface area contributed by atoms with Gasteiger partial charge in [0.1, 0.15) is 5.60 Å². The fourth-order valence-electron chi connectivity index (χ4n) is 1.16. The van der Waals surface area contributed by atoms with E-state index in [4.69, 9.17) is 4.74 Å². The Morgan fingerprint density at radius 1 is 1.24 bits per heavy atom. The predicted octanol–water partition coefficient (Wildman–Crippen LogP) is 4.21. The second-order valence-electron chi connectivity index (χ2n) is 4.53. The second kappa shape index (κ2) is 4.99. The van der Waals surface area contributed by atoms with Crippen LogP contribution >= 0.6 is 22.6 Å². The standard InChI is InChI=1S/C11H13F3INO/c1-10(2,3)17-9-5-7(11(12,13)14)4-8(6-15)16-9/h4-5H,6H2,1-3H3. The molecule has 17 heavy (non-hydrogen) atoms. The highest BCUT2D eigenvalue weighted by atomic mass is 127. The van der Waals surface area contributed by atoms with Gasteiger partial charge >= 0.3 is 6.18 Å². The molecule has 2 nitrogen and oxygen atoms in total. The largest absolute Gasteiger partial charge is 0.472 e. The van der Waals surface area contributed by atoms with Crippen LogP contribution in [0.25, 0.3) is 0 Å². The summed E-state index contributed by atoms with van der Waals surface area (Å²) >= 11 is 1.97. The van der Waals surface area contributed by atoms with Gasteiger partial charge in [0.2, 0.25) is 5.88 Å². The Morgan fingerprint density at radius 3 is 2.24 bits per heavy atom. The lowest BCUT2D eigenvalue weighted by Crippen LogP contribution is -2.24. The minimum atomic E-state index is -4.38. The van der Waals surface area contributed by atoms with Gasteiger partial charge in [-0.05, 0) is 26.8 Å². The third-order valence-corrected chi connectivity index (χ3v) is 2.51. The van der Waals surface area contributed by atoms with E-state index < -0.39 is 17.3 Å². The molecular formula is C11H13F3INO. The van der Waals surface area contributed by atoms with Crippen molar-refractivity contribution in [2.75, 3.05) is 0 Å². The van der Waals surface area contributed by atoms with E-state index in [1.54, 1.807) is 20.8 Å². The van der Waals surface area contributed by atoms with Crippen LogP contribution in [-0.2, 0) is 10.6 Å². The molecule has 0 saturated carbocycles. The van der Waals surface area contributed by atoms with Crippen LogP contribution in [-0.4, -0.2) is 10.6 Å². The average molecular weight is 359 g/mol. The highest BCUT2D eigenvalue weighted by Crippen LogP contribution is 2.32. The Bertz CT molecular complexity index is 399. The SMILES string of the molecule is CC(C)(C)Oc1cc(C(F)(F)F)cc(CI)n1. The van der Waals surface area contributed by atoms with Crippen LogP contribution in [0.3, 0.4) is 0 Å².